The number of aliphatic hydroxyl groups excluding tert-OH is 1. The lowest BCUT2D eigenvalue weighted by atomic mass is 9.74. The predicted octanol–water partition coefficient (Wildman–Crippen LogP) is 4.11. The van der Waals surface area contributed by atoms with Gasteiger partial charge in [-0.1, -0.05) is 41.9 Å². The zero-order chi connectivity index (χ0) is 14.1. The SMILES string of the molecule is OC(Cc1ccc(F)cc1Cl)CC1Cc2ccccc21. The molecule has 2 unspecified atom stereocenters. The van der Waals surface area contributed by atoms with Crippen LogP contribution in [0.15, 0.2) is 42.5 Å². The first-order chi connectivity index (χ1) is 9.63. The molecule has 0 saturated carbocycles. The van der Waals surface area contributed by atoms with E-state index in [1.54, 1.807) is 6.07 Å². The standard InChI is InChI=1S/C17H16ClFO/c18-17-10-14(19)6-5-12(17)8-15(20)9-13-7-11-3-1-2-4-16(11)13/h1-6,10,13,15,20H,7-9H2. The molecule has 0 aliphatic heterocycles. The van der Waals surface area contributed by atoms with Crippen LogP contribution in [0, 0.1) is 5.82 Å². The maximum Gasteiger partial charge on any atom is 0.124 e. The Balaban J connectivity index is 1.62. The smallest absolute Gasteiger partial charge is 0.124 e. The molecule has 0 saturated heterocycles. The normalized spacial score (nSPS) is 18.2. The summed E-state index contributed by atoms with van der Waals surface area (Å²) < 4.78 is 13.0. The maximum atomic E-state index is 13.0. The average molecular weight is 291 g/mol. The van der Waals surface area contributed by atoms with Gasteiger partial charge >= 0.3 is 0 Å². The van der Waals surface area contributed by atoms with E-state index in [1.165, 1.54) is 23.3 Å². The monoisotopic (exact) mass is 290 g/mol. The van der Waals surface area contributed by atoms with Crippen LogP contribution < -0.4 is 0 Å². The molecule has 2 aromatic rings. The van der Waals surface area contributed by atoms with Crippen molar-refractivity contribution in [2.75, 3.05) is 0 Å². The van der Waals surface area contributed by atoms with E-state index >= 15 is 0 Å². The van der Waals surface area contributed by atoms with Crippen LogP contribution in [-0.4, -0.2) is 11.2 Å². The largest absolute Gasteiger partial charge is 0.393 e. The van der Waals surface area contributed by atoms with Crippen LogP contribution in [0.3, 0.4) is 0 Å². The Hall–Kier alpha value is -1.38. The molecule has 0 bridgehead atoms. The lowest BCUT2D eigenvalue weighted by Crippen LogP contribution is -2.23. The van der Waals surface area contributed by atoms with Crippen molar-refractivity contribution in [2.24, 2.45) is 0 Å². The Bertz CT molecular complexity index is 626. The molecule has 0 aromatic heterocycles. The summed E-state index contributed by atoms with van der Waals surface area (Å²) in [6.07, 6.45) is 1.78. The molecule has 2 atom stereocenters. The molecule has 1 N–H and O–H groups in total. The third kappa shape index (κ3) is 2.72. The Morgan fingerprint density at radius 3 is 2.80 bits per heavy atom. The highest BCUT2D eigenvalue weighted by Gasteiger charge is 2.27. The summed E-state index contributed by atoms with van der Waals surface area (Å²) >= 11 is 5.99. The fourth-order valence-electron chi connectivity index (χ4n) is 2.93. The van der Waals surface area contributed by atoms with Gasteiger partial charge in [-0.15, -0.1) is 0 Å². The molecule has 0 fully saturated rings. The molecule has 0 spiro atoms. The summed E-state index contributed by atoms with van der Waals surface area (Å²) in [7, 11) is 0. The maximum absolute atomic E-state index is 13.0. The molecular formula is C17H16ClFO. The Labute approximate surface area is 123 Å². The molecule has 2 aromatic carbocycles. The molecule has 0 heterocycles. The molecule has 1 aliphatic carbocycles. The van der Waals surface area contributed by atoms with Gasteiger partial charge < -0.3 is 5.11 Å². The summed E-state index contributed by atoms with van der Waals surface area (Å²) in [5.74, 6) is 0.0848. The third-order valence-corrected chi connectivity index (χ3v) is 4.34. The minimum atomic E-state index is -0.448. The van der Waals surface area contributed by atoms with E-state index in [4.69, 9.17) is 11.6 Å². The summed E-state index contributed by atoms with van der Waals surface area (Å²) in [6, 6.07) is 12.7. The topological polar surface area (TPSA) is 20.2 Å². The first-order valence-corrected chi connectivity index (χ1v) is 7.21. The quantitative estimate of drug-likeness (QED) is 0.898. The van der Waals surface area contributed by atoms with E-state index in [0.29, 0.717) is 17.4 Å². The van der Waals surface area contributed by atoms with E-state index < -0.39 is 6.10 Å². The lowest BCUT2D eigenvalue weighted by molar-refractivity contribution is 0.151. The van der Waals surface area contributed by atoms with E-state index in [1.807, 2.05) is 12.1 Å². The number of halogens is 2. The number of hydrogen-bond donors (Lipinski definition) is 1. The molecule has 0 amide bonds. The molecular weight excluding hydrogens is 275 g/mol. The molecule has 1 aliphatic rings. The minimum Gasteiger partial charge on any atom is -0.393 e. The van der Waals surface area contributed by atoms with Gasteiger partial charge in [-0.3, -0.25) is 0 Å². The molecule has 3 rings (SSSR count). The fraction of sp³-hybridized carbons (Fsp3) is 0.294. The van der Waals surface area contributed by atoms with Gasteiger partial charge in [0.25, 0.3) is 0 Å². The second kappa shape index (κ2) is 5.55. The van der Waals surface area contributed by atoms with Gasteiger partial charge in [0, 0.05) is 5.02 Å². The van der Waals surface area contributed by atoms with E-state index in [-0.39, 0.29) is 5.82 Å². The number of hydrogen-bond acceptors (Lipinski definition) is 1. The van der Waals surface area contributed by atoms with Crippen molar-refractivity contribution < 1.29 is 9.50 Å². The van der Waals surface area contributed by atoms with Crippen molar-refractivity contribution in [1.29, 1.82) is 0 Å². The summed E-state index contributed by atoms with van der Waals surface area (Å²) in [5.41, 5.74) is 3.52. The first-order valence-electron chi connectivity index (χ1n) is 6.83. The number of rotatable bonds is 4. The van der Waals surface area contributed by atoms with Crippen molar-refractivity contribution in [3.05, 3.63) is 70.0 Å². The van der Waals surface area contributed by atoms with Crippen molar-refractivity contribution in [3.63, 3.8) is 0 Å². The van der Waals surface area contributed by atoms with Gasteiger partial charge in [-0.2, -0.15) is 0 Å². The van der Waals surface area contributed by atoms with Crippen molar-refractivity contribution in [1.82, 2.24) is 0 Å². The minimum absolute atomic E-state index is 0.346. The molecule has 1 nitrogen and oxygen atoms in total. The Morgan fingerprint density at radius 1 is 1.25 bits per heavy atom. The molecule has 0 radical (unpaired) electrons. The highest BCUT2D eigenvalue weighted by Crippen LogP contribution is 2.38. The average Bonchev–Trinajstić information content (AvgIpc) is 2.39. The van der Waals surface area contributed by atoms with Gasteiger partial charge in [0.2, 0.25) is 0 Å². The van der Waals surface area contributed by atoms with Crippen molar-refractivity contribution in [3.8, 4) is 0 Å². The Morgan fingerprint density at radius 2 is 2.05 bits per heavy atom. The second-order valence-corrected chi connectivity index (χ2v) is 5.84. The zero-order valence-electron chi connectivity index (χ0n) is 11.0. The van der Waals surface area contributed by atoms with E-state index in [2.05, 4.69) is 12.1 Å². The lowest BCUT2D eigenvalue weighted by Gasteiger charge is -2.31. The van der Waals surface area contributed by atoms with Crippen LogP contribution in [-0.2, 0) is 12.8 Å². The summed E-state index contributed by atoms with van der Waals surface area (Å²) in [4.78, 5) is 0. The van der Waals surface area contributed by atoms with E-state index in [9.17, 15) is 9.50 Å². The summed E-state index contributed by atoms with van der Waals surface area (Å²) in [6.45, 7) is 0. The van der Waals surface area contributed by atoms with Crippen molar-refractivity contribution in [2.45, 2.75) is 31.3 Å². The van der Waals surface area contributed by atoms with Gasteiger partial charge in [0.15, 0.2) is 0 Å². The Kier molecular flexibility index (Phi) is 3.77. The third-order valence-electron chi connectivity index (χ3n) is 3.99. The zero-order valence-corrected chi connectivity index (χ0v) is 11.8. The molecule has 3 heteroatoms. The van der Waals surface area contributed by atoms with Gasteiger partial charge in [-0.05, 0) is 54.0 Å². The highest BCUT2D eigenvalue weighted by atomic mass is 35.5. The van der Waals surface area contributed by atoms with Crippen LogP contribution in [0.25, 0.3) is 0 Å². The van der Waals surface area contributed by atoms with Crippen molar-refractivity contribution >= 4 is 11.6 Å². The molecule has 104 valence electrons. The first kappa shape index (κ1) is 13.6. The second-order valence-electron chi connectivity index (χ2n) is 5.43. The predicted molar refractivity (Wildman–Crippen MR) is 78.6 cm³/mol. The highest BCUT2D eigenvalue weighted by molar-refractivity contribution is 6.31. The van der Waals surface area contributed by atoms with E-state index in [0.717, 1.165) is 18.4 Å². The number of aliphatic hydroxyl groups is 1. The van der Waals surface area contributed by atoms with Crippen LogP contribution in [0.1, 0.15) is 29.0 Å². The number of fused-ring (bicyclic) bond motifs is 1. The van der Waals surface area contributed by atoms with Crippen LogP contribution in [0.5, 0.6) is 0 Å². The van der Waals surface area contributed by atoms with Gasteiger partial charge in [0.1, 0.15) is 5.82 Å². The van der Waals surface area contributed by atoms with Crippen LogP contribution in [0.4, 0.5) is 4.39 Å². The van der Waals surface area contributed by atoms with Crippen LogP contribution in [0.2, 0.25) is 5.02 Å². The molecule has 20 heavy (non-hydrogen) atoms. The number of benzene rings is 2. The summed E-state index contributed by atoms with van der Waals surface area (Å²) in [5, 5.41) is 10.6. The van der Waals surface area contributed by atoms with Gasteiger partial charge in [0.05, 0.1) is 6.10 Å². The van der Waals surface area contributed by atoms with Gasteiger partial charge in [-0.25, -0.2) is 4.39 Å². The van der Waals surface area contributed by atoms with Crippen LogP contribution >= 0.6 is 11.6 Å². The fourth-order valence-corrected chi connectivity index (χ4v) is 3.17.